The van der Waals surface area contributed by atoms with Crippen molar-refractivity contribution < 1.29 is 29.5 Å². The van der Waals surface area contributed by atoms with Crippen molar-refractivity contribution in [1.29, 1.82) is 0 Å². The second-order valence-corrected chi connectivity index (χ2v) is 14.4. The third kappa shape index (κ3) is 7.68. The molecule has 0 amide bonds. The van der Waals surface area contributed by atoms with E-state index in [4.69, 9.17) is 25.7 Å². The molecule has 9 N–H and O–H groups in total. The molecule has 9 heterocycles. The highest BCUT2D eigenvalue weighted by molar-refractivity contribution is 5.95. The largest absolute Gasteiger partial charge is 0.394 e. The summed E-state index contributed by atoms with van der Waals surface area (Å²) in [5, 5.41) is 30.9. The number of H-pyrrole nitrogens is 1. The van der Waals surface area contributed by atoms with E-state index in [1.54, 1.807) is 29.7 Å². The van der Waals surface area contributed by atoms with Crippen molar-refractivity contribution in [3.05, 3.63) is 47.6 Å². The summed E-state index contributed by atoms with van der Waals surface area (Å²) in [4.78, 5) is 43.1. The van der Waals surface area contributed by atoms with Gasteiger partial charge in [0.1, 0.15) is 47.7 Å². The number of hydrogen-bond acceptors (Lipinski definition) is 17. The van der Waals surface area contributed by atoms with Crippen molar-refractivity contribution in [3.63, 3.8) is 0 Å². The standard InChI is InChI=1S/C12H19N5O2.C11H15N5O2.C11H14N4O3/c1-6-3-9(19-8(6)4-18)17-5-14-10-11(13)15-7(2)16-12(10)17;1-6-2-9(18-8(6)4-17)16-5-14-7-3-13-11(12)15-10(7)16;1-6-2-8(18-7(6)3-16)15-5-14-9-10(15)12-4-13-11(9)17/h5-6,8-9,11,18H,3-4,13H2,1-2H3,(H,15,16);3,5-6,8-9,17H,2,4H2,1H3,(H2,12,13,15);4-8,16H,2-3H2,1H3,(H,12,13,17)/t;;6-,7?,8?/m..0/s1. The molecular formula is C34H48N14O7. The zero-order valence-corrected chi connectivity index (χ0v) is 31.0. The summed E-state index contributed by atoms with van der Waals surface area (Å²) >= 11 is 0. The van der Waals surface area contributed by atoms with Crippen molar-refractivity contribution in [2.75, 3.05) is 30.9 Å². The number of nitrogen functional groups attached to an aromatic ring is 1. The number of aromatic amines is 1. The molecule has 0 bridgehead atoms. The molecule has 0 aliphatic carbocycles. The first-order valence-corrected chi connectivity index (χ1v) is 18.3. The fraction of sp³-hybridized carbons (Fsp3) is 0.588. The smallest absolute Gasteiger partial charge is 0.278 e. The fourth-order valence-corrected chi connectivity index (χ4v) is 7.33. The molecule has 10 atom stereocenters. The van der Waals surface area contributed by atoms with Crippen molar-refractivity contribution in [1.82, 2.24) is 48.6 Å². The Balaban J connectivity index is 0.000000127. The molecule has 21 heteroatoms. The Morgan fingerprint density at radius 2 is 1.33 bits per heavy atom. The van der Waals surface area contributed by atoms with Gasteiger partial charge in [0.25, 0.3) is 5.56 Å². The molecule has 55 heavy (non-hydrogen) atoms. The maximum Gasteiger partial charge on any atom is 0.278 e. The first-order valence-electron chi connectivity index (χ1n) is 18.3. The highest BCUT2D eigenvalue weighted by Gasteiger charge is 2.36. The molecule has 9 rings (SSSR count). The number of ether oxygens (including phenoxy) is 3. The molecule has 0 saturated carbocycles. The van der Waals surface area contributed by atoms with Crippen LogP contribution in [0.2, 0.25) is 0 Å². The number of nitrogens with zero attached hydrogens (tertiary/aromatic N) is 10. The van der Waals surface area contributed by atoms with Gasteiger partial charge in [-0.1, -0.05) is 20.8 Å². The number of amidine groups is 1. The molecule has 4 aliphatic rings. The van der Waals surface area contributed by atoms with Gasteiger partial charge in [-0.15, -0.1) is 0 Å². The SMILES string of the molecule is CC1=NC(N)c2ncn(C3CC(C)C(CO)O3)c2N1.CC1CC(n2cnc3cnc(N)nc32)OC1CO.C[C@H]1CC(n2cnc3c(=O)[nH]cnc32)OC1CO. The van der Waals surface area contributed by atoms with Gasteiger partial charge in [-0.2, -0.15) is 4.98 Å². The highest BCUT2D eigenvalue weighted by Crippen LogP contribution is 2.38. The van der Waals surface area contributed by atoms with Crippen LogP contribution in [0.4, 0.5) is 11.8 Å². The Kier molecular flexibility index (Phi) is 11.2. The van der Waals surface area contributed by atoms with Gasteiger partial charge in [0.2, 0.25) is 5.95 Å². The van der Waals surface area contributed by atoms with Gasteiger partial charge in [-0.3, -0.25) is 18.5 Å². The number of imidazole rings is 3. The summed E-state index contributed by atoms with van der Waals surface area (Å²) in [5.41, 5.74) is 14.2. The van der Waals surface area contributed by atoms with E-state index >= 15 is 0 Å². The number of aliphatic imine (C=N–C) groups is 1. The Morgan fingerprint density at radius 1 is 0.782 bits per heavy atom. The molecule has 5 aromatic rings. The monoisotopic (exact) mass is 764 g/mol. The van der Waals surface area contributed by atoms with Crippen molar-refractivity contribution in [2.45, 2.75) is 90.1 Å². The number of rotatable bonds is 6. The predicted molar refractivity (Wildman–Crippen MR) is 198 cm³/mol. The van der Waals surface area contributed by atoms with E-state index in [0.717, 1.165) is 36.6 Å². The lowest BCUT2D eigenvalue weighted by atomic mass is 10.0. The lowest BCUT2D eigenvalue weighted by Gasteiger charge is -2.21. The molecule has 0 aromatic carbocycles. The molecule has 21 nitrogen and oxygen atoms in total. The van der Waals surface area contributed by atoms with Crippen molar-refractivity contribution in [3.8, 4) is 0 Å². The second-order valence-electron chi connectivity index (χ2n) is 14.4. The first kappa shape index (κ1) is 38.4. The summed E-state index contributed by atoms with van der Waals surface area (Å²) in [7, 11) is 0. The van der Waals surface area contributed by atoms with Gasteiger partial charge < -0.3 is 51.3 Å². The predicted octanol–water partition coefficient (Wildman–Crippen LogP) is 0.960. The van der Waals surface area contributed by atoms with Gasteiger partial charge in [0, 0.05) is 0 Å². The first-order chi connectivity index (χ1) is 26.5. The van der Waals surface area contributed by atoms with Gasteiger partial charge in [-0.25, -0.2) is 29.9 Å². The Morgan fingerprint density at radius 3 is 1.91 bits per heavy atom. The van der Waals surface area contributed by atoms with Crippen LogP contribution in [0.1, 0.15) is 77.5 Å². The van der Waals surface area contributed by atoms with Crippen molar-refractivity contribution >= 4 is 39.9 Å². The normalized spacial score (nSPS) is 30.0. The Hall–Kier alpha value is -4.90. The van der Waals surface area contributed by atoms with Gasteiger partial charge >= 0.3 is 0 Å². The molecule has 5 aromatic heterocycles. The van der Waals surface area contributed by atoms with Crippen LogP contribution in [0.3, 0.4) is 0 Å². The molecule has 3 saturated heterocycles. The quantitative estimate of drug-likeness (QED) is 0.127. The average molecular weight is 765 g/mol. The van der Waals surface area contributed by atoms with Gasteiger partial charge in [-0.05, 0) is 43.9 Å². The minimum atomic E-state index is -0.426. The number of hydrogen-bond donors (Lipinski definition) is 7. The number of anilines is 2. The number of fused-ring (bicyclic) bond motifs is 3. The number of aliphatic hydroxyl groups is 3. The summed E-state index contributed by atoms with van der Waals surface area (Å²) < 4.78 is 22.9. The number of aliphatic hydroxyl groups excluding tert-OH is 3. The molecule has 9 unspecified atom stereocenters. The maximum absolute atomic E-state index is 11.5. The van der Waals surface area contributed by atoms with E-state index in [2.05, 4.69) is 59.0 Å². The van der Waals surface area contributed by atoms with Gasteiger partial charge in [0.15, 0.2) is 16.8 Å². The molecule has 0 spiro atoms. The molecule has 0 radical (unpaired) electrons. The van der Waals surface area contributed by atoms with E-state index in [-0.39, 0.29) is 74.2 Å². The van der Waals surface area contributed by atoms with Crippen LogP contribution in [0.25, 0.3) is 22.3 Å². The zero-order valence-electron chi connectivity index (χ0n) is 31.0. The lowest BCUT2D eigenvalue weighted by molar-refractivity contribution is -0.0284. The summed E-state index contributed by atoms with van der Waals surface area (Å²) in [6, 6.07) is 0. The topological polar surface area (TPSA) is 290 Å². The van der Waals surface area contributed by atoms with E-state index in [0.29, 0.717) is 34.2 Å². The summed E-state index contributed by atoms with van der Waals surface area (Å²) in [6.45, 7) is 8.11. The molecule has 4 aliphatic heterocycles. The Labute approximate surface area is 314 Å². The van der Waals surface area contributed by atoms with E-state index < -0.39 is 6.17 Å². The summed E-state index contributed by atoms with van der Waals surface area (Å²) in [5.74, 6) is 2.72. The minimum Gasteiger partial charge on any atom is -0.394 e. The zero-order chi connectivity index (χ0) is 39.0. The lowest BCUT2D eigenvalue weighted by Crippen LogP contribution is -2.24. The van der Waals surface area contributed by atoms with Crippen LogP contribution in [0, 0.1) is 17.8 Å². The highest BCUT2D eigenvalue weighted by atomic mass is 16.5. The second kappa shape index (κ2) is 16.1. The van der Waals surface area contributed by atoms with Crippen LogP contribution in [-0.4, -0.2) is 108 Å². The minimum absolute atomic E-state index is 0.00168. The Bertz CT molecular complexity index is 2180. The van der Waals surface area contributed by atoms with E-state index in [1.165, 1.54) is 6.33 Å². The van der Waals surface area contributed by atoms with Crippen LogP contribution in [-0.2, 0) is 14.2 Å². The molecule has 3 fully saturated rings. The van der Waals surface area contributed by atoms with Crippen molar-refractivity contribution in [2.24, 2.45) is 28.5 Å². The molecular weight excluding hydrogens is 716 g/mol. The van der Waals surface area contributed by atoms with Crippen LogP contribution in [0.15, 0.2) is 41.3 Å². The van der Waals surface area contributed by atoms with Crippen LogP contribution >= 0.6 is 0 Å². The average Bonchev–Trinajstić information content (AvgIpc) is 4.02. The van der Waals surface area contributed by atoms with E-state index in [1.807, 2.05) is 23.0 Å². The number of nitrogens with two attached hydrogens (primary N) is 2. The number of nitrogens with one attached hydrogen (secondary N) is 2. The van der Waals surface area contributed by atoms with Crippen LogP contribution in [0.5, 0.6) is 0 Å². The fourth-order valence-electron chi connectivity index (χ4n) is 7.33. The number of aromatic nitrogens is 10. The summed E-state index contributed by atoms with van der Waals surface area (Å²) in [6.07, 6.45) is 9.00. The van der Waals surface area contributed by atoms with Gasteiger partial charge in [0.05, 0.1) is 69.6 Å². The molecule has 296 valence electrons. The third-order valence-corrected chi connectivity index (χ3v) is 10.5. The van der Waals surface area contributed by atoms with E-state index in [9.17, 15) is 20.1 Å². The maximum atomic E-state index is 11.5. The third-order valence-electron chi connectivity index (χ3n) is 10.5. The van der Waals surface area contributed by atoms with Crippen LogP contribution < -0.4 is 22.3 Å².